The Bertz CT molecular complexity index is 601. The van der Waals surface area contributed by atoms with Crippen molar-refractivity contribution in [1.82, 2.24) is 10.2 Å². The summed E-state index contributed by atoms with van der Waals surface area (Å²) < 4.78 is 0. The first-order valence-corrected chi connectivity index (χ1v) is 5.27. The minimum absolute atomic E-state index is 0.113. The number of H-pyrrole nitrogens is 1. The Morgan fingerprint density at radius 3 is 2.83 bits per heavy atom. The summed E-state index contributed by atoms with van der Waals surface area (Å²) in [6, 6.07) is 9.14. The van der Waals surface area contributed by atoms with E-state index in [2.05, 4.69) is 15.5 Å². The molecule has 0 aliphatic carbocycles. The average molecular weight is 245 g/mol. The molecule has 2 rings (SSSR count). The topological polar surface area (TPSA) is 95.1 Å². The molecule has 0 radical (unpaired) electrons. The second kappa shape index (κ2) is 5.13. The largest absolute Gasteiger partial charge is 0.508 e. The van der Waals surface area contributed by atoms with E-state index in [9.17, 15) is 14.7 Å². The number of anilines is 1. The lowest BCUT2D eigenvalue weighted by Crippen LogP contribution is -2.17. The van der Waals surface area contributed by atoms with Gasteiger partial charge in [-0.15, -0.1) is 0 Å². The van der Waals surface area contributed by atoms with E-state index >= 15 is 0 Å². The number of rotatable bonds is 3. The highest BCUT2D eigenvalue weighted by Crippen LogP contribution is 2.11. The van der Waals surface area contributed by atoms with Gasteiger partial charge in [-0.05, 0) is 23.8 Å². The zero-order valence-electron chi connectivity index (χ0n) is 9.38. The van der Waals surface area contributed by atoms with Crippen LogP contribution in [-0.4, -0.2) is 21.2 Å². The number of hydrogen-bond donors (Lipinski definition) is 3. The summed E-state index contributed by atoms with van der Waals surface area (Å²) in [5.41, 5.74) is 0.359. The van der Waals surface area contributed by atoms with Crippen molar-refractivity contribution in [2.24, 2.45) is 0 Å². The number of carbonyl (C=O) groups is 1. The third kappa shape index (κ3) is 3.18. The lowest BCUT2D eigenvalue weighted by atomic mass is 10.1. The quantitative estimate of drug-likeness (QED) is 0.740. The molecule has 1 aromatic carbocycles. The van der Waals surface area contributed by atoms with E-state index in [0.717, 1.165) is 0 Å². The van der Waals surface area contributed by atoms with Gasteiger partial charge < -0.3 is 10.4 Å². The molecule has 0 unspecified atom stereocenters. The Hall–Kier alpha value is -2.63. The molecule has 3 N–H and O–H groups in total. The van der Waals surface area contributed by atoms with Crippen molar-refractivity contribution in [3.8, 4) is 5.75 Å². The Morgan fingerprint density at radius 2 is 2.17 bits per heavy atom. The molecule has 6 heteroatoms. The van der Waals surface area contributed by atoms with Gasteiger partial charge in [-0.2, -0.15) is 5.10 Å². The number of hydrogen-bond acceptors (Lipinski definition) is 4. The van der Waals surface area contributed by atoms with E-state index in [-0.39, 0.29) is 29.5 Å². The molecule has 0 saturated heterocycles. The highest BCUT2D eigenvalue weighted by Gasteiger charge is 2.05. The number of aromatic hydroxyl groups is 1. The molecule has 0 bridgehead atoms. The average Bonchev–Trinajstić information content (AvgIpc) is 2.32. The number of nitrogens with zero attached hydrogens (tertiary/aromatic N) is 1. The minimum atomic E-state index is -0.332. The molecule has 2 aromatic rings. The zero-order chi connectivity index (χ0) is 13.0. The highest BCUT2D eigenvalue weighted by atomic mass is 16.3. The van der Waals surface area contributed by atoms with E-state index in [0.29, 0.717) is 5.56 Å². The predicted molar refractivity (Wildman–Crippen MR) is 65.3 cm³/mol. The molecule has 1 heterocycles. The fourth-order valence-corrected chi connectivity index (χ4v) is 1.45. The Balaban J connectivity index is 2.01. The standard InChI is InChI=1S/C12H11N3O3/c16-9-3-1-2-8(6-9)7-12(18)13-10-4-5-11(17)15-14-10/h1-6,16H,7H2,(H,15,17)(H,13,14,18). The van der Waals surface area contributed by atoms with Crippen LogP contribution in [0.4, 0.5) is 5.82 Å². The molecule has 0 atom stereocenters. The first-order valence-electron chi connectivity index (χ1n) is 5.27. The van der Waals surface area contributed by atoms with Crippen LogP contribution in [0, 0.1) is 0 Å². The minimum Gasteiger partial charge on any atom is -0.508 e. The van der Waals surface area contributed by atoms with Crippen molar-refractivity contribution in [2.45, 2.75) is 6.42 Å². The third-order valence-corrected chi connectivity index (χ3v) is 2.22. The van der Waals surface area contributed by atoms with E-state index in [4.69, 9.17) is 0 Å². The number of phenolic OH excluding ortho intramolecular Hbond substituents is 1. The zero-order valence-corrected chi connectivity index (χ0v) is 9.38. The van der Waals surface area contributed by atoms with Gasteiger partial charge in [0.15, 0.2) is 5.82 Å². The molecule has 18 heavy (non-hydrogen) atoms. The normalized spacial score (nSPS) is 10.0. The fraction of sp³-hybridized carbons (Fsp3) is 0.0833. The number of amides is 1. The molecule has 0 aliphatic heterocycles. The van der Waals surface area contributed by atoms with Crippen molar-refractivity contribution in [2.75, 3.05) is 5.32 Å². The van der Waals surface area contributed by atoms with Gasteiger partial charge in [0.2, 0.25) is 5.91 Å². The van der Waals surface area contributed by atoms with Gasteiger partial charge in [0.05, 0.1) is 6.42 Å². The number of aromatic amines is 1. The lowest BCUT2D eigenvalue weighted by molar-refractivity contribution is -0.115. The van der Waals surface area contributed by atoms with Crippen molar-refractivity contribution in [3.63, 3.8) is 0 Å². The van der Waals surface area contributed by atoms with Crippen molar-refractivity contribution in [1.29, 1.82) is 0 Å². The van der Waals surface area contributed by atoms with Crippen LogP contribution >= 0.6 is 0 Å². The molecule has 6 nitrogen and oxygen atoms in total. The first-order chi connectivity index (χ1) is 8.63. The molecular weight excluding hydrogens is 234 g/mol. The van der Waals surface area contributed by atoms with E-state index in [1.165, 1.54) is 24.3 Å². The Kier molecular flexibility index (Phi) is 3.38. The van der Waals surface area contributed by atoms with E-state index in [1.807, 2.05) is 0 Å². The van der Waals surface area contributed by atoms with E-state index in [1.54, 1.807) is 12.1 Å². The maximum atomic E-state index is 11.7. The number of benzene rings is 1. The van der Waals surface area contributed by atoms with Gasteiger partial charge in [0.1, 0.15) is 5.75 Å². The molecule has 0 fully saturated rings. The monoisotopic (exact) mass is 245 g/mol. The second-order valence-corrected chi connectivity index (χ2v) is 3.70. The molecule has 92 valence electrons. The molecule has 0 spiro atoms. The molecule has 1 amide bonds. The number of aromatic nitrogens is 2. The van der Waals surface area contributed by atoms with Gasteiger partial charge in [0, 0.05) is 6.07 Å². The van der Waals surface area contributed by atoms with Crippen LogP contribution in [-0.2, 0) is 11.2 Å². The summed E-state index contributed by atoms with van der Waals surface area (Å²) in [7, 11) is 0. The van der Waals surface area contributed by atoms with Crippen LogP contribution in [0.5, 0.6) is 5.75 Å². The van der Waals surface area contributed by atoms with Gasteiger partial charge >= 0.3 is 0 Å². The maximum Gasteiger partial charge on any atom is 0.264 e. The first kappa shape index (κ1) is 11.8. The van der Waals surface area contributed by atoms with Crippen molar-refractivity contribution in [3.05, 3.63) is 52.3 Å². The molecule has 1 aromatic heterocycles. The fourth-order valence-electron chi connectivity index (χ4n) is 1.45. The highest BCUT2D eigenvalue weighted by molar-refractivity contribution is 5.91. The van der Waals surface area contributed by atoms with Crippen LogP contribution in [0.15, 0.2) is 41.2 Å². The number of nitrogens with one attached hydrogen (secondary N) is 2. The molecule has 0 aliphatic rings. The van der Waals surface area contributed by atoms with Gasteiger partial charge in [-0.3, -0.25) is 9.59 Å². The van der Waals surface area contributed by atoms with Crippen molar-refractivity contribution < 1.29 is 9.90 Å². The van der Waals surface area contributed by atoms with Crippen molar-refractivity contribution >= 4 is 11.7 Å². The summed E-state index contributed by atoms with van der Waals surface area (Å²) in [4.78, 5) is 22.4. The Morgan fingerprint density at radius 1 is 1.33 bits per heavy atom. The van der Waals surface area contributed by atoms with Gasteiger partial charge in [-0.1, -0.05) is 12.1 Å². The van der Waals surface area contributed by atoms with Crippen LogP contribution in [0.25, 0.3) is 0 Å². The SMILES string of the molecule is O=C(Cc1cccc(O)c1)Nc1ccc(=O)[nH]n1. The van der Waals surface area contributed by atoms with Crippen LogP contribution in [0.3, 0.4) is 0 Å². The summed E-state index contributed by atoms with van der Waals surface area (Å²) in [5.74, 6) is 0.113. The van der Waals surface area contributed by atoms with Crippen LogP contribution < -0.4 is 10.9 Å². The van der Waals surface area contributed by atoms with Gasteiger partial charge in [-0.25, -0.2) is 5.10 Å². The molecular formula is C12H11N3O3. The second-order valence-electron chi connectivity index (χ2n) is 3.70. The number of carbonyl (C=O) groups excluding carboxylic acids is 1. The summed E-state index contributed by atoms with van der Waals surface area (Å²) in [6.07, 6.45) is 0.120. The summed E-state index contributed by atoms with van der Waals surface area (Å²) in [5, 5.41) is 17.7. The Labute approximate surface area is 102 Å². The summed E-state index contributed by atoms with van der Waals surface area (Å²) >= 11 is 0. The maximum absolute atomic E-state index is 11.7. The number of phenols is 1. The van der Waals surface area contributed by atoms with Gasteiger partial charge in [0.25, 0.3) is 5.56 Å². The third-order valence-electron chi connectivity index (χ3n) is 2.22. The lowest BCUT2D eigenvalue weighted by Gasteiger charge is -2.04. The molecule has 0 saturated carbocycles. The van der Waals surface area contributed by atoms with E-state index < -0.39 is 0 Å². The smallest absolute Gasteiger partial charge is 0.264 e. The van der Waals surface area contributed by atoms with Crippen LogP contribution in [0.2, 0.25) is 0 Å². The predicted octanol–water partition coefficient (Wildman–Crippen LogP) is 0.657. The summed E-state index contributed by atoms with van der Waals surface area (Å²) in [6.45, 7) is 0. The van der Waals surface area contributed by atoms with Crippen LogP contribution in [0.1, 0.15) is 5.56 Å².